The van der Waals surface area contributed by atoms with Gasteiger partial charge in [0.15, 0.2) is 0 Å². The van der Waals surface area contributed by atoms with E-state index in [0.717, 1.165) is 19.6 Å². The van der Waals surface area contributed by atoms with E-state index >= 15 is 0 Å². The predicted molar refractivity (Wildman–Crippen MR) is 76.5 cm³/mol. The van der Waals surface area contributed by atoms with Crippen LogP contribution in [0, 0.1) is 0 Å². The third-order valence-corrected chi connectivity index (χ3v) is 3.65. The van der Waals surface area contributed by atoms with Crippen LogP contribution in [0.3, 0.4) is 0 Å². The summed E-state index contributed by atoms with van der Waals surface area (Å²) in [7, 11) is 0. The van der Waals surface area contributed by atoms with Gasteiger partial charge in [-0.1, -0.05) is 40.0 Å². The Morgan fingerprint density at radius 2 is 1.76 bits per heavy atom. The quantitative estimate of drug-likeness (QED) is 0.551. The molecule has 0 aromatic heterocycles. The molecule has 0 spiro atoms. The fourth-order valence-corrected chi connectivity index (χ4v) is 2.32. The normalized spacial score (nSPS) is 16.8. The second kappa shape index (κ2) is 9.90. The summed E-state index contributed by atoms with van der Waals surface area (Å²) in [4.78, 5) is 0. The van der Waals surface area contributed by atoms with Crippen LogP contribution in [0.2, 0.25) is 0 Å². The lowest BCUT2D eigenvalue weighted by molar-refractivity contribution is -0.0573. The van der Waals surface area contributed by atoms with Crippen LogP contribution in [0.15, 0.2) is 0 Å². The van der Waals surface area contributed by atoms with Crippen LogP contribution in [0.25, 0.3) is 0 Å². The highest BCUT2D eigenvalue weighted by molar-refractivity contribution is 4.88. The zero-order valence-corrected chi connectivity index (χ0v) is 12.6. The van der Waals surface area contributed by atoms with Crippen molar-refractivity contribution in [1.29, 1.82) is 0 Å². The topological polar surface area (TPSA) is 21.3 Å². The summed E-state index contributed by atoms with van der Waals surface area (Å²) >= 11 is 0. The third-order valence-electron chi connectivity index (χ3n) is 3.65. The second-order valence-electron chi connectivity index (χ2n) is 5.10. The largest absolute Gasteiger partial charge is 0.374 e. The van der Waals surface area contributed by atoms with E-state index in [2.05, 4.69) is 39.9 Å². The molecule has 0 rings (SSSR count). The summed E-state index contributed by atoms with van der Waals surface area (Å²) in [6.07, 6.45) is 7.43. The van der Waals surface area contributed by atoms with Crippen molar-refractivity contribution in [3.05, 3.63) is 0 Å². The maximum Gasteiger partial charge on any atom is 0.0803 e. The maximum absolute atomic E-state index is 6.01. The molecule has 0 aliphatic carbocycles. The molecule has 2 nitrogen and oxygen atoms in total. The van der Waals surface area contributed by atoms with Crippen LogP contribution in [-0.2, 0) is 4.74 Å². The van der Waals surface area contributed by atoms with Gasteiger partial charge in [-0.3, -0.25) is 0 Å². The van der Waals surface area contributed by atoms with Crippen LogP contribution < -0.4 is 5.32 Å². The molecule has 2 atom stereocenters. The molecule has 0 bridgehead atoms. The van der Waals surface area contributed by atoms with Gasteiger partial charge < -0.3 is 10.1 Å². The molecule has 2 unspecified atom stereocenters. The van der Waals surface area contributed by atoms with Gasteiger partial charge in [0.25, 0.3) is 0 Å². The molecular weight excluding hydrogens is 210 g/mol. The second-order valence-corrected chi connectivity index (χ2v) is 5.10. The molecule has 0 aliphatic heterocycles. The summed E-state index contributed by atoms with van der Waals surface area (Å²) in [5, 5.41) is 3.68. The van der Waals surface area contributed by atoms with Gasteiger partial charge >= 0.3 is 0 Å². The zero-order chi connectivity index (χ0) is 13.1. The number of hydrogen-bond acceptors (Lipinski definition) is 2. The number of unbranched alkanes of at least 4 members (excludes halogenated alkanes) is 2. The lowest BCUT2D eigenvalue weighted by Crippen LogP contribution is -2.50. The minimum absolute atomic E-state index is 0.00232. The highest BCUT2D eigenvalue weighted by Gasteiger charge is 2.32. The zero-order valence-electron chi connectivity index (χ0n) is 12.6. The van der Waals surface area contributed by atoms with Crippen LogP contribution in [0.5, 0.6) is 0 Å². The van der Waals surface area contributed by atoms with E-state index < -0.39 is 0 Å². The van der Waals surface area contributed by atoms with E-state index in [4.69, 9.17) is 4.74 Å². The van der Waals surface area contributed by atoms with Crippen molar-refractivity contribution in [2.75, 3.05) is 13.2 Å². The van der Waals surface area contributed by atoms with Gasteiger partial charge in [-0.25, -0.2) is 0 Å². The SMILES string of the molecule is CCCCCC(NCCC)C(C)(CC)OCC. The van der Waals surface area contributed by atoms with Crippen LogP contribution >= 0.6 is 0 Å². The summed E-state index contributed by atoms with van der Waals surface area (Å²) in [5.74, 6) is 0. The molecular formula is C15H33NO. The summed E-state index contributed by atoms with van der Waals surface area (Å²) < 4.78 is 6.01. The van der Waals surface area contributed by atoms with Crippen molar-refractivity contribution >= 4 is 0 Å². The van der Waals surface area contributed by atoms with Crippen LogP contribution in [0.1, 0.15) is 73.1 Å². The van der Waals surface area contributed by atoms with Crippen molar-refractivity contribution in [3.8, 4) is 0 Å². The van der Waals surface area contributed by atoms with E-state index in [1.165, 1.54) is 32.1 Å². The number of ether oxygens (including phenoxy) is 1. The summed E-state index contributed by atoms with van der Waals surface area (Å²) in [5.41, 5.74) is -0.00232. The van der Waals surface area contributed by atoms with Crippen molar-refractivity contribution in [1.82, 2.24) is 5.32 Å². The first kappa shape index (κ1) is 16.9. The van der Waals surface area contributed by atoms with Crippen LogP contribution in [0.4, 0.5) is 0 Å². The number of hydrogen-bond donors (Lipinski definition) is 1. The Kier molecular flexibility index (Phi) is 9.85. The molecule has 0 heterocycles. The van der Waals surface area contributed by atoms with Gasteiger partial charge in [-0.2, -0.15) is 0 Å². The lowest BCUT2D eigenvalue weighted by Gasteiger charge is -2.37. The number of nitrogens with one attached hydrogen (secondary N) is 1. The van der Waals surface area contributed by atoms with Gasteiger partial charge in [-0.15, -0.1) is 0 Å². The Balaban J connectivity index is 4.38. The molecule has 1 N–H and O–H groups in total. The fraction of sp³-hybridized carbons (Fsp3) is 1.00. The smallest absolute Gasteiger partial charge is 0.0803 e. The van der Waals surface area contributed by atoms with Gasteiger partial charge in [-0.05, 0) is 39.7 Å². The van der Waals surface area contributed by atoms with Crippen LogP contribution in [-0.4, -0.2) is 24.8 Å². The Bertz CT molecular complexity index is 172. The number of rotatable bonds is 11. The van der Waals surface area contributed by atoms with E-state index in [0.29, 0.717) is 6.04 Å². The van der Waals surface area contributed by atoms with E-state index in [1.807, 2.05) is 0 Å². The van der Waals surface area contributed by atoms with Crippen molar-refractivity contribution in [3.63, 3.8) is 0 Å². The van der Waals surface area contributed by atoms with Gasteiger partial charge in [0.2, 0.25) is 0 Å². The molecule has 17 heavy (non-hydrogen) atoms. The van der Waals surface area contributed by atoms with Crippen molar-refractivity contribution in [2.45, 2.75) is 84.8 Å². The maximum atomic E-state index is 6.01. The first-order valence-corrected chi connectivity index (χ1v) is 7.51. The molecule has 104 valence electrons. The standard InChI is InChI=1S/C15H33NO/c1-6-10-11-12-14(16-13-7-2)15(5,8-3)17-9-4/h14,16H,6-13H2,1-5H3. The highest BCUT2D eigenvalue weighted by atomic mass is 16.5. The predicted octanol–water partition coefficient (Wildman–Crippen LogP) is 4.14. The van der Waals surface area contributed by atoms with Gasteiger partial charge in [0.05, 0.1) is 5.60 Å². The average molecular weight is 243 g/mol. The molecule has 0 amide bonds. The molecule has 0 radical (unpaired) electrons. The van der Waals surface area contributed by atoms with Gasteiger partial charge in [0, 0.05) is 12.6 Å². The molecule has 0 saturated carbocycles. The van der Waals surface area contributed by atoms with Crippen molar-refractivity contribution < 1.29 is 4.74 Å². The van der Waals surface area contributed by atoms with Crippen molar-refractivity contribution in [2.24, 2.45) is 0 Å². The lowest BCUT2D eigenvalue weighted by atomic mass is 9.89. The Hall–Kier alpha value is -0.0800. The Labute approximate surface area is 109 Å². The molecule has 0 aliphatic rings. The summed E-state index contributed by atoms with van der Waals surface area (Å²) in [6.45, 7) is 13.0. The molecule has 0 aromatic carbocycles. The Morgan fingerprint density at radius 3 is 2.24 bits per heavy atom. The summed E-state index contributed by atoms with van der Waals surface area (Å²) in [6, 6.07) is 0.499. The molecule has 0 fully saturated rings. The Morgan fingerprint density at radius 1 is 1.06 bits per heavy atom. The monoisotopic (exact) mass is 243 g/mol. The minimum atomic E-state index is -0.00232. The average Bonchev–Trinajstić information content (AvgIpc) is 2.33. The molecule has 2 heteroatoms. The first-order valence-electron chi connectivity index (χ1n) is 7.51. The van der Waals surface area contributed by atoms with E-state index in [9.17, 15) is 0 Å². The fourth-order valence-electron chi connectivity index (χ4n) is 2.32. The van der Waals surface area contributed by atoms with E-state index in [1.54, 1.807) is 0 Å². The highest BCUT2D eigenvalue weighted by Crippen LogP contribution is 2.24. The molecule has 0 saturated heterocycles. The minimum Gasteiger partial charge on any atom is -0.374 e. The third kappa shape index (κ3) is 6.42. The van der Waals surface area contributed by atoms with E-state index in [-0.39, 0.29) is 5.60 Å². The first-order chi connectivity index (χ1) is 8.14. The molecule has 0 aromatic rings. The van der Waals surface area contributed by atoms with Gasteiger partial charge in [0.1, 0.15) is 0 Å².